The highest BCUT2D eigenvalue weighted by atomic mass is 32.2. The molecular formula is C17H19NO2S. The van der Waals surface area contributed by atoms with Gasteiger partial charge in [0.2, 0.25) is 0 Å². The topological polar surface area (TPSA) is 29.5 Å². The molecule has 1 amide bonds. The minimum atomic E-state index is -0.320. The number of benzene rings is 1. The predicted molar refractivity (Wildman–Crippen MR) is 87.7 cm³/mol. The number of carbonyl (C=O) groups is 1. The third-order valence-corrected chi connectivity index (χ3v) is 5.66. The van der Waals surface area contributed by atoms with Gasteiger partial charge in [0.15, 0.2) is 0 Å². The summed E-state index contributed by atoms with van der Waals surface area (Å²) < 4.78 is 5.20. The van der Waals surface area contributed by atoms with Gasteiger partial charge in [-0.2, -0.15) is 0 Å². The Balaban J connectivity index is 2.02. The van der Waals surface area contributed by atoms with Crippen molar-refractivity contribution in [1.82, 2.24) is 0 Å². The number of ether oxygens (including phenoxy) is 1. The summed E-state index contributed by atoms with van der Waals surface area (Å²) in [6, 6.07) is 7.68. The van der Waals surface area contributed by atoms with Gasteiger partial charge in [-0.25, -0.2) is 0 Å². The summed E-state index contributed by atoms with van der Waals surface area (Å²) >= 11 is 1.82. The maximum atomic E-state index is 12.4. The summed E-state index contributed by atoms with van der Waals surface area (Å²) in [6.07, 6.45) is 8.17. The van der Waals surface area contributed by atoms with Crippen LogP contribution in [0.15, 0.2) is 48.6 Å². The third-order valence-electron chi connectivity index (χ3n) is 4.06. The van der Waals surface area contributed by atoms with Gasteiger partial charge in [0.05, 0.1) is 7.11 Å². The molecule has 1 aromatic rings. The number of amides is 1. The molecule has 1 unspecified atom stereocenters. The standard InChI is InChI=1S/C17H19NO2S/c1-12-4-5-13(2)21-17(12)11-10-16(19)18(17)14-6-8-15(20-3)9-7-14/h4-13H,1-3H3/t12?,13-,17+/m1/s1. The Hall–Kier alpha value is -1.68. The average molecular weight is 301 g/mol. The fourth-order valence-electron chi connectivity index (χ4n) is 2.93. The molecule has 1 aromatic carbocycles. The van der Waals surface area contributed by atoms with Crippen molar-refractivity contribution in [2.45, 2.75) is 24.0 Å². The van der Waals surface area contributed by atoms with Crippen molar-refractivity contribution in [3.8, 4) is 5.75 Å². The van der Waals surface area contributed by atoms with Crippen LogP contribution in [-0.2, 0) is 4.79 Å². The minimum Gasteiger partial charge on any atom is -0.497 e. The van der Waals surface area contributed by atoms with Crippen molar-refractivity contribution < 1.29 is 9.53 Å². The summed E-state index contributed by atoms with van der Waals surface area (Å²) in [5.74, 6) is 1.11. The molecule has 0 bridgehead atoms. The van der Waals surface area contributed by atoms with E-state index in [-0.39, 0.29) is 16.7 Å². The number of nitrogens with zero attached hydrogens (tertiary/aromatic N) is 1. The first-order valence-corrected chi connectivity index (χ1v) is 7.98. The first-order chi connectivity index (χ1) is 10.1. The van der Waals surface area contributed by atoms with E-state index in [1.54, 1.807) is 13.2 Å². The van der Waals surface area contributed by atoms with Crippen LogP contribution in [0, 0.1) is 5.92 Å². The molecule has 3 rings (SSSR count). The Morgan fingerprint density at radius 2 is 1.90 bits per heavy atom. The molecule has 0 saturated heterocycles. The fourth-order valence-corrected chi connectivity index (χ4v) is 4.43. The van der Waals surface area contributed by atoms with Crippen LogP contribution in [0.4, 0.5) is 5.69 Å². The molecule has 2 aliphatic rings. The van der Waals surface area contributed by atoms with Crippen molar-refractivity contribution in [3.63, 3.8) is 0 Å². The number of methoxy groups -OCH3 is 1. The lowest BCUT2D eigenvalue weighted by molar-refractivity contribution is -0.114. The molecule has 2 aliphatic heterocycles. The number of anilines is 1. The quantitative estimate of drug-likeness (QED) is 0.781. The second kappa shape index (κ2) is 5.26. The zero-order valence-electron chi connectivity index (χ0n) is 12.4. The Kier molecular flexibility index (Phi) is 3.57. The van der Waals surface area contributed by atoms with Crippen molar-refractivity contribution in [3.05, 3.63) is 48.6 Å². The summed E-state index contributed by atoms with van der Waals surface area (Å²) in [6.45, 7) is 4.33. The molecule has 0 aromatic heterocycles. The smallest absolute Gasteiger partial charge is 0.252 e. The lowest BCUT2D eigenvalue weighted by Gasteiger charge is -2.44. The molecule has 0 N–H and O–H groups in total. The van der Waals surface area contributed by atoms with Crippen LogP contribution in [0.1, 0.15) is 13.8 Å². The van der Waals surface area contributed by atoms with E-state index in [1.807, 2.05) is 40.9 Å². The number of hydrogen-bond acceptors (Lipinski definition) is 3. The maximum absolute atomic E-state index is 12.4. The zero-order valence-corrected chi connectivity index (χ0v) is 13.3. The third kappa shape index (κ3) is 2.27. The molecule has 0 aliphatic carbocycles. The average Bonchev–Trinajstić information content (AvgIpc) is 2.81. The molecular weight excluding hydrogens is 282 g/mol. The van der Waals surface area contributed by atoms with Crippen LogP contribution < -0.4 is 9.64 Å². The first-order valence-electron chi connectivity index (χ1n) is 7.10. The van der Waals surface area contributed by atoms with Gasteiger partial charge in [0, 0.05) is 22.9 Å². The van der Waals surface area contributed by atoms with E-state index in [9.17, 15) is 4.79 Å². The van der Waals surface area contributed by atoms with E-state index in [0.29, 0.717) is 5.25 Å². The summed E-state index contributed by atoms with van der Waals surface area (Å²) in [4.78, 5) is 14.0. The SMILES string of the molecule is COc1ccc(N2C(=O)C=C[C@@]23S[C@H](C)C=CC3C)cc1. The van der Waals surface area contributed by atoms with E-state index in [1.165, 1.54) is 0 Å². The minimum absolute atomic E-state index is 0.0435. The Labute approximate surface area is 129 Å². The van der Waals surface area contributed by atoms with E-state index < -0.39 is 0 Å². The van der Waals surface area contributed by atoms with E-state index in [4.69, 9.17) is 4.74 Å². The number of carbonyl (C=O) groups excluding carboxylic acids is 1. The highest BCUT2D eigenvalue weighted by Crippen LogP contribution is 2.49. The largest absolute Gasteiger partial charge is 0.497 e. The number of rotatable bonds is 2. The van der Waals surface area contributed by atoms with Crippen molar-refractivity contribution >= 4 is 23.4 Å². The number of thioether (sulfide) groups is 1. The fraction of sp³-hybridized carbons (Fsp3) is 0.353. The Bertz CT molecular complexity index is 608. The van der Waals surface area contributed by atoms with Gasteiger partial charge in [0.1, 0.15) is 10.6 Å². The zero-order chi connectivity index (χ0) is 15.0. The van der Waals surface area contributed by atoms with Crippen LogP contribution in [-0.4, -0.2) is 23.1 Å². The van der Waals surface area contributed by atoms with E-state index in [2.05, 4.69) is 32.1 Å². The maximum Gasteiger partial charge on any atom is 0.252 e. The summed E-state index contributed by atoms with van der Waals surface area (Å²) in [5, 5.41) is 0.387. The monoisotopic (exact) mass is 301 g/mol. The normalized spacial score (nSPS) is 31.2. The van der Waals surface area contributed by atoms with Crippen molar-refractivity contribution in [2.24, 2.45) is 5.92 Å². The Morgan fingerprint density at radius 3 is 2.57 bits per heavy atom. The Morgan fingerprint density at radius 1 is 1.19 bits per heavy atom. The van der Waals surface area contributed by atoms with Crippen molar-refractivity contribution in [2.75, 3.05) is 12.0 Å². The van der Waals surface area contributed by atoms with Crippen LogP contribution in [0.3, 0.4) is 0 Å². The molecule has 21 heavy (non-hydrogen) atoms. The van der Waals surface area contributed by atoms with Gasteiger partial charge in [-0.05, 0) is 37.3 Å². The highest BCUT2D eigenvalue weighted by Gasteiger charge is 2.48. The van der Waals surface area contributed by atoms with Crippen LogP contribution >= 0.6 is 11.8 Å². The molecule has 110 valence electrons. The molecule has 3 atom stereocenters. The van der Waals surface area contributed by atoms with Gasteiger partial charge in [-0.3, -0.25) is 9.69 Å². The molecule has 0 saturated carbocycles. The van der Waals surface area contributed by atoms with Crippen molar-refractivity contribution in [1.29, 1.82) is 0 Å². The second-order valence-electron chi connectivity index (χ2n) is 5.45. The van der Waals surface area contributed by atoms with Crippen LogP contribution in [0.25, 0.3) is 0 Å². The van der Waals surface area contributed by atoms with Gasteiger partial charge in [0.25, 0.3) is 5.91 Å². The summed E-state index contributed by atoms with van der Waals surface area (Å²) in [5.41, 5.74) is 0.910. The van der Waals surface area contributed by atoms with E-state index in [0.717, 1.165) is 11.4 Å². The van der Waals surface area contributed by atoms with Gasteiger partial charge in [-0.15, -0.1) is 11.8 Å². The van der Waals surface area contributed by atoms with Gasteiger partial charge in [-0.1, -0.05) is 19.1 Å². The molecule has 3 nitrogen and oxygen atoms in total. The molecule has 2 heterocycles. The molecule has 1 spiro atoms. The molecule has 0 fully saturated rings. The molecule has 4 heteroatoms. The highest BCUT2D eigenvalue weighted by molar-refractivity contribution is 8.01. The predicted octanol–water partition coefficient (Wildman–Crippen LogP) is 3.62. The van der Waals surface area contributed by atoms with Gasteiger partial charge < -0.3 is 4.74 Å². The van der Waals surface area contributed by atoms with E-state index >= 15 is 0 Å². The lowest BCUT2D eigenvalue weighted by Crippen LogP contribution is -2.50. The van der Waals surface area contributed by atoms with Crippen LogP contribution in [0.5, 0.6) is 5.75 Å². The lowest BCUT2D eigenvalue weighted by atomic mass is 9.98. The van der Waals surface area contributed by atoms with Crippen LogP contribution in [0.2, 0.25) is 0 Å². The first kappa shape index (κ1) is 14.3. The van der Waals surface area contributed by atoms with Gasteiger partial charge >= 0.3 is 0 Å². The second-order valence-corrected chi connectivity index (χ2v) is 7.09. The molecule has 0 radical (unpaired) electrons. The number of hydrogen-bond donors (Lipinski definition) is 0. The summed E-state index contributed by atoms with van der Waals surface area (Å²) in [7, 11) is 1.64.